The summed E-state index contributed by atoms with van der Waals surface area (Å²) in [5.41, 5.74) is 3.99. The van der Waals surface area contributed by atoms with E-state index < -0.39 is 0 Å². The molecule has 0 aliphatic rings. The Morgan fingerprint density at radius 2 is 1.86 bits per heavy atom. The molecule has 7 heteroatoms. The number of aromatic amines is 1. The first-order chi connectivity index (χ1) is 14.2. The van der Waals surface area contributed by atoms with Gasteiger partial charge in [-0.3, -0.25) is 4.79 Å². The molecule has 0 aliphatic heterocycles. The number of hydrogen-bond donors (Lipinski definition) is 1. The minimum absolute atomic E-state index is 0.0882. The van der Waals surface area contributed by atoms with Gasteiger partial charge in [0, 0.05) is 17.5 Å². The van der Waals surface area contributed by atoms with Crippen molar-refractivity contribution < 1.29 is 0 Å². The highest BCUT2D eigenvalue weighted by Gasteiger charge is 2.14. The quantitative estimate of drug-likeness (QED) is 0.393. The summed E-state index contributed by atoms with van der Waals surface area (Å²) in [6, 6.07) is 18.1. The van der Waals surface area contributed by atoms with Crippen LogP contribution in [0.15, 0.2) is 69.9 Å². The van der Waals surface area contributed by atoms with Gasteiger partial charge < -0.3 is 9.55 Å². The Bertz CT molecular complexity index is 1370. The zero-order valence-electron chi connectivity index (χ0n) is 15.8. The molecule has 5 aromatic rings. The highest BCUT2D eigenvalue weighted by atomic mass is 32.2. The Morgan fingerprint density at radius 3 is 2.69 bits per heavy atom. The summed E-state index contributed by atoms with van der Waals surface area (Å²) in [7, 11) is 0. The molecule has 5 rings (SSSR count). The second kappa shape index (κ2) is 7.50. The first-order valence-electron chi connectivity index (χ1n) is 9.38. The number of thiophene rings is 1. The number of hydrogen-bond acceptors (Lipinski definition) is 5. The molecule has 0 saturated carbocycles. The number of aromatic nitrogens is 4. The monoisotopic (exact) mass is 418 g/mol. The molecule has 0 fully saturated rings. The third-order valence-corrected chi connectivity index (χ3v) is 6.71. The van der Waals surface area contributed by atoms with Crippen LogP contribution in [0.5, 0.6) is 0 Å². The normalized spacial score (nSPS) is 11.5. The molecule has 0 radical (unpaired) electrons. The van der Waals surface area contributed by atoms with Crippen molar-refractivity contribution in [1.29, 1.82) is 0 Å². The smallest absolute Gasteiger partial charge is 0.260 e. The van der Waals surface area contributed by atoms with Gasteiger partial charge in [0.25, 0.3) is 5.56 Å². The molecule has 0 unspecified atom stereocenters. The van der Waals surface area contributed by atoms with E-state index in [2.05, 4.69) is 22.5 Å². The number of imidazole rings is 1. The Hall–Kier alpha value is -2.90. The molecule has 29 heavy (non-hydrogen) atoms. The molecular formula is C22H18N4OS2. The number of aryl methyl sites for hydroxylation is 1. The molecule has 0 saturated heterocycles. The lowest BCUT2D eigenvalue weighted by Gasteiger charge is -2.05. The lowest BCUT2D eigenvalue weighted by molar-refractivity contribution is 0.702. The molecule has 1 N–H and O–H groups in total. The van der Waals surface area contributed by atoms with E-state index in [0.717, 1.165) is 38.7 Å². The second-order valence-electron chi connectivity index (χ2n) is 6.62. The van der Waals surface area contributed by atoms with Crippen molar-refractivity contribution in [2.45, 2.75) is 24.4 Å². The fourth-order valence-corrected chi connectivity index (χ4v) is 5.41. The van der Waals surface area contributed by atoms with Crippen LogP contribution in [0.25, 0.3) is 32.4 Å². The fourth-order valence-electron chi connectivity index (χ4n) is 3.49. The first-order valence-corrected chi connectivity index (χ1v) is 11.2. The maximum atomic E-state index is 12.8. The minimum Gasteiger partial charge on any atom is -0.319 e. The van der Waals surface area contributed by atoms with Crippen molar-refractivity contribution in [2.75, 3.05) is 0 Å². The Labute approximate surface area is 175 Å². The molecule has 0 aliphatic carbocycles. The lowest BCUT2D eigenvalue weighted by Crippen LogP contribution is -2.11. The number of benzene rings is 2. The first kappa shape index (κ1) is 18.1. The lowest BCUT2D eigenvalue weighted by atomic mass is 10.1. The molecule has 0 bridgehead atoms. The zero-order chi connectivity index (χ0) is 19.8. The topological polar surface area (TPSA) is 63.6 Å². The average Bonchev–Trinajstić information content (AvgIpc) is 3.34. The van der Waals surface area contributed by atoms with E-state index in [-0.39, 0.29) is 5.56 Å². The third-order valence-electron chi connectivity index (χ3n) is 4.85. The van der Waals surface area contributed by atoms with Crippen molar-refractivity contribution in [2.24, 2.45) is 0 Å². The summed E-state index contributed by atoms with van der Waals surface area (Å²) in [4.78, 5) is 26.0. The standard InChI is InChI=1S/C22H18N4OS2/c1-2-26-17-11-7-6-10-16(17)23-22(26)29-13-18-24-20(27)19-15(12-28-21(19)25-18)14-8-4-3-5-9-14/h3-12H,2,13H2,1H3,(H,24,25,27). The largest absolute Gasteiger partial charge is 0.319 e. The number of H-pyrrole nitrogens is 1. The Kier molecular flexibility index (Phi) is 4.69. The van der Waals surface area contributed by atoms with E-state index in [1.54, 1.807) is 11.8 Å². The van der Waals surface area contributed by atoms with E-state index in [1.165, 1.54) is 11.3 Å². The highest BCUT2D eigenvalue weighted by molar-refractivity contribution is 7.98. The number of thioether (sulfide) groups is 1. The molecule has 0 amide bonds. The number of rotatable bonds is 5. The van der Waals surface area contributed by atoms with Gasteiger partial charge in [0.1, 0.15) is 10.7 Å². The molecule has 2 aromatic carbocycles. The van der Waals surface area contributed by atoms with Crippen molar-refractivity contribution in [3.8, 4) is 11.1 Å². The highest BCUT2D eigenvalue weighted by Crippen LogP contribution is 2.31. The number of nitrogens with zero attached hydrogens (tertiary/aromatic N) is 3. The van der Waals surface area contributed by atoms with E-state index in [4.69, 9.17) is 9.97 Å². The van der Waals surface area contributed by atoms with Gasteiger partial charge in [-0.1, -0.05) is 54.2 Å². The predicted molar refractivity (Wildman–Crippen MR) is 121 cm³/mol. The van der Waals surface area contributed by atoms with Crippen LogP contribution in [-0.2, 0) is 12.3 Å². The van der Waals surface area contributed by atoms with Crippen molar-refractivity contribution in [3.63, 3.8) is 0 Å². The van der Waals surface area contributed by atoms with Crippen molar-refractivity contribution in [1.82, 2.24) is 19.5 Å². The molecule has 3 heterocycles. The van der Waals surface area contributed by atoms with Gasteiger partial charge in [-0.05, 0) is 24.6 Å². The van der Waals surface area contributed by atoms with Gasteiger partial charge in [0.05, 0.1) is 22.2 Å². The van der Waals surface area contributed by atoms with Gasteiger partial charge in [0.2, 0.25) is 0 Å². The summed E-state index contributed by atoms with van der Waals surface area (Å²) in [6.07, 6.45) is 0. The fraction of sp³-hybridized carbons (Fsp3) is 0.136. The summed E-state index contributed by atoms with van der Waals surface area (Å²) >= 11 is 3.10. The van der Waals surface area contributed by atoms with Crippen molar-refractivity contribution >= 4 is 44.3 Å². The molecular weight excluding hydrogens is 400 g/mol. The van der Waals surface area contributed by atoms with Crippen LogP contribution in [0.3, 0.4) is 0 Å². The Balaban J connectivity index is 1.47. The number of para-hydroxylation sites is 2. The molecule has 5 nitrogen and oxygen atoms in total. The van der Waals surface area contributed by atoms with Crippen LogP contribution in [0.4, 0.5) is 0 Å². The van der Waals surface area contributed by atoms with Crippen LogP contribution < -0.4 is 5.56 Å². The number of fused-ring (bicyclic) bond motifs is 2. The molecule has 0 spiro atoms. The van der Waals surface area contributed by atoms with Crippen LogP contribution in [-0.4, -0.2) is 19.5 Å². The third kappa shape index (κ3) is 3.26. The minimum atomic E-state index is -0.0882. The zero-order valence-corrected chi connectivity index (χ0v) is 17.4. The summed E-state index contributed by atoms with van der Waals surface area (Å²) in [5, 5.41) is 3.61. The van der Waals surface area contributed by atoms with Gasteiger partial charge in [-0.25, -0.2) is 9.97 Å². The maximum absolute atomic E-state index is 12.8. The van der Waals surface area contributed by atoms with Gasteiger partial charge >= 0.3 is 0 Å². The van der Waals surface area contributed by atoms with Gasteiger partial charge in [-0.15, -0.1) is 11.3 Å². The molecule has 144 valence electrons. The van der Waals surface area contributed by atoms with E-state index in [9.17, 15) is 4.79 Å². The second-order valence-corrected chi connectivity index (χ2v) is 8.42. The average molecular weight is 419 g/mol. The van der Waals surface area contributed by atoms with Crippen LogP contribution in [0, 0.1) is 0 Å². The molecule has 0 atom stereocenters. The van der Waals surface area contributed by atoms with Gasteiger partial charge in [-0.2, -0.15) is 0 Å². The van der Waals surface area contributed by atoms with Crippen molar-refractivity contribution in [3.05, 3.63) is 76.2 Å². The summed E-state index contributed by atoms with van der Waals surface area (Å²) in [5.74, 6) is 1.23. The van der Waals surface area contributed by atoms with E-state index in [0.29, 0.717) is 17.0 Å². The SMILES string of the molecule is CCn1c(SCc2nc3scc(-c4ccccc4)c3c(=O)[nH]2)nc2ccccc21. The van der Waals surface area contributed by atoms with Crippen LogP contribution >= 0.6 is 23.1 Å². The molecule has 3 aromatic heterocycles. The van der Waals surface area contributed by atoms with Gasteiger partial charge in [0.15, 0.2) is 5.16 Å². The maximum Gasteiger partial charge on any atom is 0.260 e. The number of nitrogens with one attached hydrogen (secondary N) is 1. The predicted octanol–water partition coefficient (Wildman–Crippen LogP) is 5.31. The van der Waals surface area contributed by atoms with E-state index >= 15 is 0 Å². The van der Waals surface area contributed by atoms with Crippen LogP contribution in [0.1, 0.15) is 12.7 Å². The van der Waals surface area contributed by atoms with Crippen LogP contribution in [0.2, 0.25) is 0 Å². The summed E-state index contributed by atoms with van der Waals surface area (Å²) in [6.45, 7) is 2.96. The summed E-state index contributed by atoms with van der Waals surface area (Å²) < 4.78 is 2.19. The Morgan fingerprint density at radius 1 is 1.07 bits per heavy atom. The van der Waals surface area contributed by atoms with E-state index in [1.807, 2.05) is 53.9 Å².